The van der Waals surface area contributed by atoms with E-state index in [1.165, 1.54) is 6.92 Å². The van der Waals surface area contributed by atoms with Crippen LogP contribution >= 0.6 is 0 Å². The first-order valence-corrected chi connectivity index (χ1v) is 3.79. The van der Waals surface area contributed by atoms with Crippen molar-refractivity contribution in [2.75, 3.05) is 6.61 Å². The Kier molecular flexibility index (Phi) is 4.20. The summed E-state index contributed by atoms with van der Waals surface area (Å²) in [6.07, 6.45) is 0. The Morgan fingerprint density at radius 1 is 1.55 bits per heavy atom. The number of hydrogen-bond acceptors (Lipinski definition) is 4. The predicted octanol–water partition coefficient (Wildman–Crippen LogP) is -1.07. The quantitative estimate of drug-likeness (QED) is 0.310. The van der Waals surface area contributed by atoms with Gasteiger partial charge in [-0.15, -0.1) is 0 Å². The summed E-state index contributed by atoms with van der Waals surface area (Å²) >= 11 is 0. The molecule has 0 aliphatic rings. The molecule has 0 spiro atoms. The summed E-state index contributed by atoms with van der Waals surface area (Å²) in [6.45, 7) is 4.52. The number of esters is 1. The first-order valence-electron chi connectivity index (χ1n) is 2.97. The molecule has 0 bridgehead atoms. The summed E-state index contributed by atoms with van der Waals surface area (Å²) in [4.78, 5) is 21.1. The van der Waals surface area contributed by atoms with E-state index in [2.05, 4.69) is 15.7 Å². The van der Waals surface area contributed by atoms with Crippen LogP contribution in [0.15, 0.2) is 12.2 Å². The van der Waals surface area contributed by atoms with Crippen molar-refractivity contribution in [1.29, 1.82) is 0 Å². The second-order valence-electron chi connectivity index (χ2n) is 1.93. The van der Waals surface area contributed by atoms with E-state index in [-0.39, 0.29) is 12.2 Å². The second-order valence-corrected chi connectivity index (χ2v) is 2.34. The Hall–Kier alpha value is -1.10. The summed E-state index contributed by atoms with van der Waals surface area (Å²) in [5.41, 5.74) is 0.270. The molecule has 0 N–H and O–H groups in total. The van der Waals surface area contributed by atoms with Gasteiger partial charge in [-0.1, -0.05) is 6.58 Å². The van der Waals surface area contributed by atoms with Gasteiger partial charge in [0.2, 0.25) is 10.5 Å². The van der Waals surface area contributed by atoms with Gasteiger partial charge in [-0.05, 0) is 6.92 Å². The normalized spacial score (nSPS) is 8.82. The van der Waals surface area contributed by atoms with E-state index in [4.69, 9.17) is 0 Å². The van der Waals surface area contributed by atoms with Crippen LogP contribution in [-0.4, -0.2) is 29.0 Å². The predicted molar refractivity (Wildman–Crippen MR) is 41.8 cm³/mol. The van der Waals surface area contributed by atoms with Crippen molar-refractivity contribution in [1.82, 2.24) is 0 Å². The SMILES string of the molecule is C=C(C)C(=O)OCC(=O)O[SiH3]. The summed E-state index contributed by atoms with van der Waals surface area (Å²) < 4.78 is 8.84. The summed E-state index contributed by atoms with van der Waals surface area (Å²) in [5.74, 6) is -1.09. The maximum Gasteiger partial charge on any atom is 0.333 e. The molecule has 62 valence electrons. The van der Waals surface area contributed by atoms with Crippen LogP contribution in [0.3, 0.4) is 0 Å². The molecule has 0 amide bonds. The van der Waals surface area contributed by atoms with Crippen molar-refractivity contribution in [3.8, 4) is 0 Å². The van der Waals surface area contributed by atoms with Crippen LogP contribution in [0.1, 0.15) is 6.92 Å². The largest absolute Gasteiger partial charge is 0.526 e. The molecule has 0 rings (SSSR count). The summed E-state index contributed by atoms with van der Waals surface area (Å²) in [5, 5.41) is 0. The van der Waals surface area contributed by atoms with Crippen molar-refractivity contribution in [3.05, 3.63) is 12.2 Å². The van der Waals surface area contributed by atoms with Gasteiger partial charge in [0.15, 0.2) is 6.61 Å². The van der Waals surface area contributed by atoms with E-state index in [0.717, 1.165) is 0 Å². The van der Waals surface area contributed by atoms with Gasteiger partial charge >= 0.3 is 11.9 Å². The average molecular weight is 174 g/mol. The molecule has 0 saturated heterocycles. The van der Waals surface area contributed by atoms with Crippen LogP contribution in [0.4, 0.5) is 0 Å². The van der Waals surface area contributed by atoms with Crippen molar-refractivity contribution in [2.45, 2.75) is 6.92 Å². The van der Waals surface area contributed by atoms with Gasteiger partial charge in [0, 0.05) is 5.57 Å². The third-order valence-corrected chi connectivity index (χ3v) is 1.35. The summed E-state index contributed by atoms with van der Waals surface area (Å²) in [6, 6.07) is 0. The maximum atomic E-state index is 10.6. The first kappa shape index (κ1) is 9.90. The maximum absolute atomic E-state index is 10.6. The third kappa shape index (κ3) is 4.32. The van der Waals surface area contributed by atoms with E-state index < -0.39 is 11.9 Å². The van der Waals surface area contributed by atoms with Crippen molar-refractivity contribution in [3.63, 3.8) is 0 Å². The Morgan fingerprint density at radius 3 is 2.45 bits per heavy atom. The minimum Gasteiger partial charge on any atom is -0.526 e. The Balaban J connectivity index is 3.63. The highest BCUT2D eigenvalue weighted by atomic mass is 28.2. The Bertz CT molecular complexity index is 187. The zero-order valence-electron chi connectivity index (χ0n) is 6.55. The van der Waals surface area contributed by atoms with Gasteiger partial charge in [-0.3, -0.25) is 0 Å². The van der Waals surface area contributed by atoms with Crippen LogP contribution in [-0.2, 0) is 18.8 Å². The lowest BCUT2D eigenvalue weighted by Gasteiger charge is -2.01. The Labute approximate surface area is 67.7 Å². The fourth-order valence-corrected chi connectivity index (χ4v) is 0.424. The number of carbonyl (C=O) groups is 2. The molecule has 0 atom stereocenters. The van der Waals surface area contributed by atoms with Crippen molar-refractivity contribution in [2.24, 2.45) is 0 Å². The fraction of sp³-hybridized carbons (Fsp3) is 0.333. The van der Waals surface area contributed by atoms with Crippen LogP contribution in [0.2, 0.25) is 0 Å². The smallest absolute Gasteiger partial charge is 0.333 e. The van der Waals surface area contributed by atoms with Gasteiger partial charge in [-0.25, -0.2) is 9.59 Å². The molecule has 11 heavy (non-hydrogen) atoms. The molecule has 0 aliphatic carbocycles. The molecule has 0 radical (unpaired) electrons. The zero-order chi connectivity index (χ0) is 8.85. The lowest BCUT2D eigenvalue weighted by molar-refractivity contribution is -0.150. The van der Waals surface area contributed by atoms with Gasteiger partial charge in [0.05, 0.1) is 0 Å². The molecule has 0 unspecified atom stereocenters. The number of rotatable bonds is 3. The molecular formula is C6H10O4Si. The fourth-order valence-electron chi connectivity index (χ4n) is 0.307. The van der Waals surface area contributed by atoms with Gasteiger partial charge in [-0.2, -0.15) is 0 Å². The van der Waals surface area contributed by atoms with Crippen molar-refractivity contribution < 1.29 is 18.8 Å². The van der Waals surface area contributed by atoms with E-state index in [1.807, 2.05) is 0 Å². The van der Waals surface area contributed by atoms with E-state index >= 15 is 0 Å². The number of hydrogen-bond donors (Lipinski definition) is 0. The minimum atomic E-state index is -0.572. The van der Waals surface area contributed by atoms with Gasteiger partial charge < -0.3 is 9.16 Å². The zero-order valence-corrected chi connectivity index (χ0v) is 8.55. The molecule has 4 nitrogen and oxygen atoms in total. The van der Waals surface area contributed by atoms with Gasteiger partial charge in [0.25, 0.3) is 0 Å². The molecule has 0 saturated carbocycles. The molecular weight excluding hydrogens is 164 g/mol. The molecule has 0 fully saturated rings. The minimum absolute atomic E-state index is 0.270. The second kappa shape index (κ2) is 4.67. The molecule has 0 heterocycles. The monoisotopic (exact) mass is 174 g/mol. The van der Waals surface area contributed by atoms with Crippen LogP contribution < -0.4 is 0 Å². The lowest BCUT2D eigenvalue weighted by Crippen LogP contribution is -2.15. The molecule has 5 heteroatoms. The standard InChI is InChI=1S/C6H10O4Si/c1-4(2)6(8)9-3-5(7)10-11/h1,3H2,2,11H3. The number of carbonyl (C=O) groups excluding carboxylic acids is 2. The van der Waals surface area contributed by atoms with Crippen LogP contribution in [0.5, 0.6) is 0 Å². The van der Waals surface area contributed by atoms with Crippen LogP contribution in [0.25, 0.3) is 0 Å². The topological polar surface area (TPSA) is 52.6 Å². The Morgan fingerprint density at radius 2 is 2.09 bits per heavy atom. The first-order chi connectivity index (χ1) is 5.07. The highest BCUT2D eigenvalue weighted by Crippen LogP contribution is 1.91. The molecule has 0 aromatic carbocycles. The van der Waals surface area contributed by atoms with Crippen molar-refractivity contribution >= 4 is 22.4 Å². The van der Waals surface area contributed by atoms with Crippen LogP contribution in [0, 0.1) is 0 Å². The summed E-state index contributed by atoms with van der Waals surface area (Å²) in [7, 11) is 0.316. The highest BCUT2D eigenvalue weighted by molar-refractivity contribution is 6.05. The molecule has 0 aliphatic heterocycles. The van der Waals surface area contributed by atoms with E-state index in [9.17, 15) is 9.59 Å². The lowest BCUT2D eigenvalue weighted by atomic mass is 10.4. The molecule has 0 aromatic rings. The highest BCUT2D eigenvalue weighted by Gasteiger charge is 2.06. The molecule has 0 aromatic heterocycles. The number of ether oxygens (including phenoxy) is 1. The van der Waals surface area contributed by atoms with E-state index in [0.29, 0.717) is 10.5 Å². The third-order valence-electron chi connectivity index (χ3n) is 0.897. The average Bonchev–Trinajstić information content (AvgIpc) is 1.99. The van der Waals surface area contributed by atoms with E-state index in [1.54, 1.807) is 0 Å². The van der Waals surface area contributed by atoms with Gasteiger partial charge in [0.1, 0.15) is 0 Å².